The van der Waals surface area contributed by atoms with E-state index in [1.165, 1.54) is 11.7 Å². The third-order valence-corrected chi connectivity index (χ3v) is 3.05. The quantitative estimate of drug-likeness (QED) is 0.523. The molecule has 0 saturated carbocycles. The summed E-state index contributed by atoms with van der Waals surface area (Å²) in [4.78, 5) is 0. The van der Waals surface area contributed by atoms with E-state index in [1.807, 2.05) is 10.0 Å². The molecule has 4 aliphatic heterocycles. The van der Waals surface area contributed by atoms with E-state index in [4.69, 9.17) is 0 Å². The van der Waals surface area contributed by atoms with Crippen molar-refractivity contribution in [3.05, 3.63) is 0 Å². The van der Waals surface area contributed by atoms with Gasteiger partial charge in [-0.2, -0.15) is 0 Å². The van der Waals surface area contributed by atoms with Crippen LogP contribution >= 0.6 is 0 Å². The second-order valence-electron chi connectivity index (χ2n) is 3.98. The smallest absolute Gasteiger partial charge is 0.0211 e. The molecular weight excluding hydrogens is 142 g/mol. The zero-order valence-electron chi connectivity index (χ0n) is 6.48. The van der Waals surface area contributed by atoms with Crippen LogP contribution in [0.3, 0.4) is 0 Å². The standard InChI is InChI=1S/C7H13N3O/c11-10-8-2-6-1-7(4-8)5-9(10)3-6/h6-7,11H,1-5H2. The molecule has 0 atom stereocenters. The predicted octanol–water partition coefficient (Wildman–Crippen LogP) is -0.225. The minimum atomic E-state index is 0.811. The molecule has 4 saturated heterocycles. The Morgan fingerprint density at radius 1 is 0.909 bits per heavy atom. The van der Waals surface area contributed by atoms with Crippen LogP contribution in [0.1, 0.15) is 6.42 Å². The summed E-state index contributed by atoms with van der Waals surface area (Å²) >= 11 is 0. The molecular formula is C7H13N3O. The van der Waals surface area contributed by atoms with Crippen LogP contribution in [-0.2, 0) is 0 Å². The zero-order valence-corrected chi connectivity index (χ0v) is 6.48. The Balaban J connectivity index is 1.91. The maximum absolute atomic E-state index is 9.51. The van der Waals surface area contributed by atoms with Crippen molar-refractivity contribution >= 4 is 0 Å². The van der Waals surface area contributed by atoms with E-state index in [1.54, 1.807) is 0 Å². The van der Waals surface area contributed by atoms with Gasteiger partial charge < -0.3 is 0 Å². The van der Waals surface area contributed by atoms with Gasteiger partial charge in [-0.05, 0) is 23.5 Å². The highest BCUT2D eigenvalue weighted by Crippen LogP contribution is 2.34. The van der Waals surface area contributed by atoms with Gasteiger partial charge in [0, 0.05) is 26.2 Å². The summed E-state index contributed by atoms with van der Waals surface area (Å²) in [5.74, 6) is 1.62. The first kappa shape index (κ1) is 6.37. The topological polar surface area (TPSA) is 30.0 Å². The molecule has 4 aliphatic rings. The molecule has 0 aromatic heterocycles. The Morgan fingerprint density at radius 3 is 1.82 bits per heavy atom. The molecule has 4 heteroatoms. The van der Waals surface area contributed by atoms with Crippen molar-refractivity contribution in [1.29, 1.82) is 0 Å². The highest BCUT2D eigenvalue weighted by Gasteiger charge is 2.44. The van der Waals surface area contributed by atoms with E-state index in [2.05, 4.69) is 0 Å². The van der Waals surface area contributed by atoms with Crippen molar-refractivity contribution in [2.75, 3.05) is 26.2 Å². The molecule has 0 spiro atoms. The van der Waals surface area contributed by atoms with Gasteiger partial charge in [-0.15, -0.1) is 0 Å². The molecule has 0 aromatic carbocycles. The minimum absolute atomic E-state index is 0.811. The SMILES string of the molecule is ON1N2CC3CC(C2)CN1C3. The molecule has 62 valence electrons. The Hall–Kier alpha value is -0.160. The average molecular weight is 155 g/mol. The summed E-state index contributed by atoms with van der Waals surface area (Å²) < 4.78 is 0. The largest absolute Gasteiger partial charge is 0.285 e. The second kappa shape index (κ2) is 1.95. The first-order chi connectivity index (χ1) is 5.33. The summed E-state index contributed by atoms with van der Waals surface area (Å²) in [5.41, 5.74) is 0. The fourth-order valence-corrected chi connectivity index (χ4v) is 2.70. The summed E-state index contributed by atoms with van der Waals surface area (Å²) in [6, 6.07) is 0. The number of piperidine rings is 2. The molecule has 0 radical (unpaired) electrons. The van der Waals surface area contributed by atoms with Crippen LogP contribution in [0.25, 0.3) is 0 Å². The maximum Gasteiger partial charge on any atom is 0.0211 e. The molecule has 11 heavy (non-hydrogen) atoms. The van der Waals surface area contributed by atoms with Gasteiger partial charge >= 0.3 is 0 Å². The van der Waals surface area contributed by atoms with Crippen molar-refractivity contribution in [3.8, 4) is 0 Å². The Labute approximate surface area is 65.9 Å². The summed E-state index contributed by atoms with van der Waals surface area (Å²) in [5, 5.41) is 14.9. The fraction of sp³-hybridized carbons (Fsp3) is 1.00. The summed E-state index contributed by atoms with van der Waals surface area (Å²) in [6.07, 6.45) is 1.38. The second-order valence-corrected chi connectivity index (χ2v) is 3.98. The molecule has 0 aromatic rings. The number of nitrogens with zero attached hydrogens (tertiary/aromatic N) is 3. The van der Waals surface area contributed by atoms with E-state index in [0.717, 1.165) is 38.0 Å². The van der Waals surface area contributed by atoms with Crippen LogP contribution in [0.2, 0.25) is 0 Å². The average Bonchev–Trinajstić information content (AvgIpc) is 1.98. The van der Waals surface area contributed by atoms with E-state index in [0.29, 0.717) is 0 Å². The molecule has 4 nitrogen and oxygen atoms in total. The lowest BCUT2D eigenvalue weighted by atomic mass is 9.85. The molecule has 1 N–H and O–H groups in total. The number of hydrogen-bond donors (Lipinski definition) is 1. The lowest BCUT2D eigenvalue weighted by Crippen LogP contribution is -2.69. The van der Waals surface area contributed by atoms with Crippen molar-refractivity contribution in [2.24, 2.45) is 11.8 Å². The first-order valence-corrected chi connectivity index (χ1v) is 4.31. The number of rotatable bonds is 0. The Morgan fingerprint density at radius 2 is 1.36 bits per heavy atom. The van der Waals surface area contributed by atoms with Gasteiger partial charge in [-0.3, -0.25) is 5.21 Å². The number of hydrazine groups is 2. The fourth-order valence-electron chi connectivity index (χ4n) is 2.70. The van der Waals surface area contributed by atoms with Crippen molar-refractivity contribution in [1.82, 2.24) is 15.3 Å². The van der Waals surface area contributed by atoms with Crippen LogP contribution < -0.4 is 0 Å². The summed E-state index contributed by atoms with van der Waals surface area (Å²) in [7, 11) is 0. The molecule has 4 fully saturated rings. The van der Waals surface area contributed by atoms with Gasteiger partial charge in [-0.1, -0.05) is 0 Å². The molecule has 4 heterocycles. The van der Waals surface area contributed by atoms with Gasteiger partial charge in [0.05, 0.1) is 0 Å². The van der Waals surface area contributed by atoms with Gasteiger partial charge in [0.1, 0.15) is 0 Å². The molecule has 0 amide bonds. The van der Waals surface area contributed by atoms with Gasteiger partial charge in [-0.25, -0.2) is 10.0 Å². The monoisotopic (exact) mass is 155 g/mol. The van der Waals surface area contributed by atoms with Crippen LogP contribution in [0.4, 0.5) is 0 Å². The van der Waals surface area contributed by atoms with Crippen LogP contribution in [-0.4, -0.2) is 46.7 Å². The molecule has 0 aliphatic carbocycles. The van der Waals surface area contributed by atoms with Crippen LogP contribution in [0.5, 0.6) is 0 Å². The highest BCUT2D eigenvalue weighted by molar-refractivity contribution is 4.88. The highest BCUT2D eigenvalue weighted by atomic mass is 16.6. The lowest BCUT2D eigenvalue weighted by Gasteiger charge is -2.56. The number of hydrogen-bond acceptors (Lipinski definition) is 4. The third kappa shape index (κ3) is 0.780. The van der Waals surface area contributed by atoms with E-state index in [-0.39, 0.29) is 0 Å². The minimum Gasteiger partial charge on any atom is -0.285 e. The van der Waals surface area contributed by atoms with E-state index >= 15 is 0 Å². The molecule has 4 bridgehead atoms. The third-order valence-electron chi connectivity index (χ3n) is 3.05. The van der Waals surface area contributed by atoms with E-state index < -0.39 is 0 Å². The van der Waals surface area contributed by atoms with Gasteiger partial charge in [0.25, 0.3) is 0 Å². The summed E-state index contributed by atoms with van der Waals surface area (Å²) in [6.45, 7) is 4.24. The van der Waals surface area contributed by atoms with Crippen molar-refractivity contribution < 1.29 is 5.21 Å². The Kier molecular flexibility index (Phi) is 1.13. The van der Waals surface area contributed by atoms with Gasteiger partial charge in [0.2, 0.25) is 0 Å². The van der Waals surface area contributed by atoms with E-state index in [9.17, 15) is 5.21 Å². The first-order valence-electron chi connectivity index (χ1n) is 4.31. The lowest BCUT2D eigenvalue weighted by molar-refractivity contribution is -0.420. The predicted molar refractivity (Wildman–Crippen MR) is 38.4 cm³/mol. The van der Waals surface area contributed by atoms with Crippen LogP contribution in [0, 0.1) is 11.8 Å². The molecule has 0 unspecified atom stereocenters. The normalized spacial score (nSPS) is 55.4. The van der Waals surface area contributed by atoms with Crippen LogP contribution in [0.15, 0.2) is 0 Å². The Bertz CT molecular complexity index is 157. The van der Waals surface area contributed by atoms with Crippen molar-refractivity contribution in [3.63, 3.8) is 0 Å². The maximum atomic E-state index is 9.51. The zero-order chi connectivity index (χ0) is 7.42. The van der Waals surface area contributed by atoms with Crippen molar-refractivity contribution in [2.45, 2.75) is 6.42 Å². The molecule has 4 rings (SSSR count). The van der Waals surface area contributed by atoms with Gasteiger partial charge in [0.15, 0.2) is 0 Å².